The summed E-state index contributed by atoms with van der Waals surface area (Å²) >= 11 is 0. The molecule has 0 nitrogen and oxygen atoms in total. The maximum Gasteiger partial charge on any atom is -0.00259 e. The molecule has 0 radical (unpaired) electrons. The van der Waals surface area contributed by atoms with Crippen LogP contribution in [-0.2, 0) is 12.8 Å². The summed E-state index contributed by atoms with van der Waals surface area (Å²) in [7, 11) is 0. The van der Waals surface area contributed by atoms with Crippen LogP contribution in [0.25, 0.3) is 0 Å². The highest BCUT2D eigenvalue weighted by Crippen LogP contribution is 2.19. The van der Waals surface area contributed by atoms with E-state index in [-0.39, 0.29) is 0 Å². The minimum atomic E-state index is 0.755. The van der Waals surface area contributed by atoms with Gasteiger partial charge in [0, 0.05) is 0 Å². The summed E-state index contributed by atoms with van der Waals surface area (Å²) < 4.78 is 0. The average molecular weight is 282 g/mol. The molecule has 114 valence electrons. The summed E-state index contributed by atoms with van der Waals surface area (Å²) in [5.41, 5.74) is 4.03. The summed E-state index contributed by atoms with van der Waals surface area (Å²) in [5, 5.41) is 0. The molecule has 0 N–H and O–H groups in total. The lowest BCUT2D eigenvalue weighted by molar-refractivity contribution is 0.448. The second-order valence-corrected chi connectivity index (χ2v) is 6.46. The predicted octanol–water partition coefficient (Wildman–Crippen LogP) is 6.14. The molecule has 0 amide bonds. The number of hydrogen-bond acceptors (Lipinski definition) is 0. The van der Waals surface area contributed by atoms with Crippen LogP contribution in [0.4, 0.5) is 0 Å². The van der Waals surface area contributed by atoms with Gasteiger partial charge in [-0.3, -0.25) is 0 Å². The smallest absolute Gasteiger partial charge is 0.00259 e. The minimum absolute atomic E-state index is 0.755. The molecular weight excluding hydrogens is 252 g/mol. The summed E-state index contributed by atoms with van der Waals surface area (Å²) in [5.74, 6) is 1.56. The Bertz CT molecular complexity index is 477. The fraction of sp³-hybridized carbons (Fsp3) is 0.429. The molecule has 0 saturated carbocycles. The molecule has 0 aliphatic carbocycles. The third-order valence-electron chi connectivity index (χ3n) is 3.81. The van der Waals surface area contributed by atoms with E-state index in [0.29, 0.717) is 0 Å². The maximum atomic E-state index is 3.87. The monoisotopic (exact) mass is 282 g/mol. The largest absolute Gasteiger partial charge is 0.0991 e. The van der Waals surface area contributed by atoms with Crippen LogP contribution in [0.15, 0.2) is 61.2 Å². The Morgan fingerprint density at radius 2 is 1.81 bits per heavy atom. The van der Waals surface area contributed by atoms with Gasteiger partial charge in [0.1, 0.15) is 0 Å². The first kappa shape index (κ1) is 17.5. The fourth-order valence-electron chi connectivity index (χ4n) is 2.58. The molecule has 21 heavy (non-hydrogen) atoms. The summed E-state index contributed by atoms with van der Waals surface area (Å²) in [6.07, 6.45) is 10.5. The molecule has 0 fully saturated rings. The maximum absolute atomic E-state index is 3.87. The Morgan fingerprint density at radius 3 is 2.43 bits per heavy atom. The topological polar surface area (TPSA) is 0 Å². The predicted molar refractivity (Wildman–Crippen MR) is 95.6 cm³/mol. The summed E-state index contributed by atoms with van der Waals surface area (Å²) in [6, 6.07) is 8.96. The van der Waals surface area contributed by atoms with Crippen molar-refractivity contribution in [1.29, 1.82) is 0 Å². The van der Waals surface area contributed by atoms with Crippen LogP contribution < -0.4 is 0 Å². The van der Waals surface area contributed by atoms with Gasteiger partial charge in [0.25, 0.3) is 0 Å². The van der Waals surface area contributed by atoms with Gasteiger partial charge >= 0.3 is 0 Å². The average Bonchev–Trinajstić information content (AvgIpc) is 2.45. The zero-order valence-electron chi connectivity index (χ0n) is 13.9. The second-order valence-electron chi connectivity index (χ2n) is 6.46. The normalized spacial score (nSPS) is 13.2. The number of rotatable bonds is 9. The molecule has 1 aromatic carbocycles. The van der Waals surface area contributed by atoms with Gasteiger partial charge in [-0.15, -0.1) is 0 Å². The molecule has 0 aliphatic heterocycles. The first-order valence-corrected chi connectivity index (χ1v) is 8.07. The molecule has 1 unspecified atom stereocenters. The Balaban J connectivity index is 2.65. The highest BCUT2D eigenvalue weighted by molar-refractivity contribution is 5.32. The van der Waals surface area contributed by atoms with E-state index in [0.717, 1.165) is 18.3 Å². The van der Waals surface area contributed by atoms with Crippen LogP contribution in [0, 0.1) is 11.8 Å². The van der Waals surface area contributed by atoms with Crippen molar-refractivity contribution in [2.24, 2.45) is 11.8 Å². The van der Waals surface area contributed by atoms with Gasteiger partial charge in [0.15, 0.2) is 0 Å². The van der Waals surface area contributed by atoms with Gasteiger partial charge in [0.05, 0.1) is 0 Å². The van der Waals surface area contributed by atoms with E-state index in [2.05, 4.69) is 58.2 Å². The summed E-state index contributed by atoms with van der Waals surface area (Å²) in [4.78, 5) is 0. The molecule has 0 heterocycles. The van der Waals surface area contributed by atoms with Crippen LogP contribution in [-0.4, -0.2) is 0 Å². The molecule has 0 spiro atoms. The second kappa shape index (κ2) is 9.39. The van der Waals surface area contributed by atoms with Gasteiger partial charge in [-0.25, -0.2) is 0 Å². The van der Waals surface area contributed by atoms with Gasteiger partial charge in [-0.05, 0) is 41.4 Å². The first-order chi connectivity index (χ1) is 10.0. The van der Waals surface area contributed by atoms with Crippen molar-refractivity contribution in [2.45, 2.75) is 46.5 Å². The number of allylic oxidation sites excluding steroid dienone is 4. The third-order valence-corrected chi connectivity index (χ3v) is 3.81. The van der Waals surface area contributed by atoms with Crippen LogP contribution in [0.2, 0.25) is 0 Å². The molecule has 1 rings (SSSR count). The quantitative estimate of drug-likeness (QED) is 0.477. The van der Waals surface area contributed by atoms with Crippen molar-refractivity contribution in [1.82, 2.24) is 0 Å². The minimum Gasteiger partial charge on any atom is -0.0991 e. The molecule has 0 bridgehead atoms. The van der Waals surface area contributed by atoms with E-state index in [9.17, 15) is 0 Å². The van der Waals surface area contributed by atoms with Gasteiger partial charge < -0.3 is 0 Å². The molecule has 0 aromatic heterocycles. The lowest BCUT2D eigenvalue weighted by atomic mass is 9.92. The van der Waals surface area contributed by atoms with Crippen molar-refractivity contribution in [2.75, 3.05) is 0 Å². The van der Waals surface area contributed by atoms with Crippen molar-refractivity contribution >= 4 is 0 Å². The van der Waals surface area contributed by atoms with Crippen molar-refractivity contribution in [3.05, 3.63) is 72.4 Å². The molecular formula is C21H30. The molecule has 1 atom stereocenters. The molecule has 0 heteroatoms. The highest BCUT2D eigenvalue weighted by Gasteiger charge is 2.06. The summed E-state index contributed by atoms with van der Waals surface area (Å²) in [6.45, 7) is 14.6. The van der Waals surface area contributed by atoms with Gasteiger partial charge in [0.2, 0.25) is 0 Å². The zero-order valence-corrected chi connectivity index (χ0v) is 13.9. The van der Waals surface area contributed by atoms with Crippen LogP contribution >= 0.6 is 0 Å². The Labute approximate surface area is 131 Å². The standard InChI is InChI=1S/C21H30/c1-6-9-19(7-2)15-21-11-8-10-20(16-21)14-18(5)13-12-17(3)4/h6-11,16-18H,1-2,12-15H2,3-5H3/b19-9+. The third kappa shape index (κ3) is 7.13. The Kier molecular flexibility index (Phi) is 7.82. The SMILES string of the molecule is C=C/C=C(\C=C)Cc1cccc(CC(C)CCC(C)C)c1. The van der Waals surface area contributed by atoms with Crippen LogP contribution in [0.3, 0.4) is 0 Å². The van der Waals surface area contributed by atoms with E-state index < -0.39 is 0 Å². The first-order valence-electron chi connectivity index (χ1n) is 8.07. The Hall–Kier alpha value is -1.56. The van der Waals surface area contributed by atoms with Gasteiger partial charge in [-0.2, -0.15) is 0 Å². The van der Waals surface area contributed by atoms with E-state index in [1.165, 1.54) is 36.0 Å². The van der Waals surface area contributed by atoms with E-state index in [1.807, 2.05) is 18.2 Å². The highest BCUT2D eigenvalue weighted by atomic mass is 14.1. The number of hydrogen-bond donors (Lipinski definition) is 0. The zero-order chi connectivity index (χ0) is 15.7. The van der Waals surface area contributed by atoms with Crippen molar-refractivity contribution in [3.8, 4) is 0 Å². The van der Waals surface area contributed by atoms with E-state index in [4.69, 9.17) is 0 Å². The van der Waals surface area contributed by atoms with Crippen LogP contribution in [0.1, 0.15) is 44.7 Å². The molecule has 1 aromatic rings. The lowest BCUT2D eigenvalue weighted by Gasteiger charge is -2.14. The lowest BCUT2D eigenvalue weighted by Crippen LogP contribution is -2.02. The van der Waals surface area contributed by atoms with E-state index in [1.54, 1.807) is 0 Å². The fourth-order valence-corrected chi connectivity index (χ4v) is 2.58. The molecule has 0 aliphatic rings. The molecule has 0 saturated heterocycles. The number of benzene rings is 1. The van der Waals surface area contributed by atoms with Gasteiger partial charge in [-0.1, -0.05) is 89.3 Å². The van der Waals surface area contributed by atoms with E-state index >= 15 is 0 Å². The Morgan fingerprint density at radius 1 is 1.10 bits per heavy atom. The van der Waals surface area contributed by atoms with Crippen LogP contribution in [0.5, 0.6) is 0 Å². The van der Waals surface area contributed by atoms with Crippen molar-refractivity contribution < 1.29 is 0 Å². The van der Waals surface area contributed by atoms with Crippen molar-refractivity contribution in [3.63, 3.8) is 0 Å².